The summed E-state index contributed by atoms with van der Waals surface area (Å²) in [4.78, 5) is 15.3. The minimum absolute atomic E-state index is 0. The maximum Gasteiger partial charge on any atom is 0.343 e. The Hall–Kier alpha value is -1.95. The highest BCUT2D eigenvalue weighted by Crippen LogP contribution is 2.55. The molecule has 0 spiro atoms. The SMILES string of the molecule is Cl.NC(N)=[NH+]c1ccc(NC(=O)NC23CC4CC(CC(C4)C2)C3)cc1. The van der Waals surface area contributed by atoms with Gasteiger partial charge < -0.3 is 10.6 Å². The molecule has 6 nitrogen and oxygen atoms in total. The number of anilines is 1. The van der Waals surface area contributed by atoms with E-state index in [1.807, 2.05) is 24.3 Å². The van der Waals surface area contributed by atoms with E-state index in [0.29, 0.717) is 0 Å². The first kappa shape index (κ1) is 17.9. The van der Waals surface area contributed by atoms with E-state index in [2.05, 4.69) is 15.6 Å². The first-order valence-electron chi connectivity index (χ1n) is 8.84. The number of urea groups is 1. The summed E-state index contributed by atoms with van der Waals surface area (Å²) < 4.78 is 0. The van der Waals surface area contributed by atoms with Gasteiger partial charge in [0.05, 0.1) is 5.69 Å². The number of hydrogen-bond donors (Lipinski definition) is 5. The normalized spacial score (nSPS) is 31.8. The van der Waals surface area contributed by atoms with Gasteiger partial charge in [0, 0.05) is 11.2 Å². The van der Waals surface area contributed by atoms with Gasteiger partial charge in [-0.15, -0.1) is 12.4 Å². The quantitative estimate of drug-likeness (QED) is 0.410. The molecular weight excluding hydrogens is 338 g/mol. The third kappa shape index (κ3) is 3.84. The predicted molar refractivity (Wildman–Crippen MR) is 101 cm³/mol. The highest BCUT2D eigenvalue weighted by atomic mass is 35.5. The van der Waals surface area contributed by atoms with Crippen molar-refractivity contribution in [3.8, 4) is 0 Å². The van der Waals surface area contributed by atoms with Crippen molar-refractivity contribution >= 4 is 35.8 Å². The first-order valence-corrected chi connectivity index (χ1v) is 8.84. The molecule has 1 aromatic rings. The summed E-state index contributed by atoms with van der Waals surface area (Å²) in [5, 5.41) is 6.26. The molecule has 0 aliphatic heterocycles. The Morgan fingerprint density at radius 3 is 2.00 bits per heavy atom. The van der Waals surface area contributed by atoms with Crippen LogP contribution in [0, 0.1) is 17.8 Å². The second kappa shape index (κ2) is 6.75. The Labute approximate surface area is 154 Å². The Morgan fingerprint density at radius 2 is 1.52 bits per heavy atom. The van der Waals surface area contributed by atoms with Crippen LogP contribution in [0.1, 0.15) is 38.5 Å². The van der Waals surface area contributed by atoms with Crippen LogP contribution in [0.2, 0.25) is 0 Å². The molecule has 4 saturated carbocycles. The van der Waals surface area contributed by atoms with Gasteiger partial charge in [-0.1, -0.05) is 0 Å². The summed E-state index contributed by atoms with van der Waals surface area (Å²) in [6.07, 6.45) is 7.58. The Morgan fingerprint density at radius 1 is 1.00 bits per heavy atom. The third-order valence-corrected chi connectivity index (χ3v) is 5.85. The van der Waals surface area contributed by atoms with Crippen LogP contribution in [-0.4, -0.2) is 17.5 Å². The molecule has 0 unspecified atom stereocenters. The van der Waals surface area contributed by atoms with Gasteiger partial charge in [0.25, 0.3) is 0 Å². The van der Waals surface area contributed by atoms with Crippen molar-refractivity contribution in [3.63, 3.8) is 0 Å². The number of guanidine groups is 1. The summed E-state index contributed by atoms with van der Waals surface area (Å²) in [5.41, 5.74) is 12.4. The van der Waals surface area contributed by atoms with Crippen LogP contribution in [0.4, 0.5) is 16.2 Å². The molecule has 7 heteroatoms. The average molecular weight is 365 g/mol. The Kier molecular flexibility index (Phi) is 4.82. The van der Waals surface area contributed by atoms with Crippen LogP contribution in [-0.2, 0) is 0 Å². The lowest BCUT2D eigenvalue weighted by atomic mass is 9.53. The molecule has 4 fully saturated rings. The van der Waals surface area contributed by atoms with Gasteiger partial charge in [-0.2, -0.15) is 0 Å². The first-order chi connectivity index (χ1) is 11.5. The second-order valence-corrected chi connectivity index (χ2v) is 7.93. The standard InChI is InChI=1S/C18H25N5O.ClH/c19-16(20)21-14-1-3-15(4-2-14)22-17(24)23-18-8-11-5-12(9-18)7-13(6-11)10-18;/h1-4,11-13H,5-10H2,(H4,19,20,21)(H2,22,23,24);1H/p+1. The number of halogens is 1. The molecule has 0 aromatic heterocycles. The fraction of sp³-hybridized carbons (Fsp3) is 0.556. The number of carbonyl (C=O) groups is 1. The molecule has 0 radical (unpaired) electrons. The molecular formula is C18H27ClN5O+. The number of nitrogens with two attached hydrogens (primary N) is 2. The van der Waals surface area contributed by atoms with Gasteiger partial charge in [0.2, 0.25) is 0 Å². The molecule has 4 aliphatic rings. The number of amides is 2. The molecule has 7 N–H and O–H groups in total. The zero-order valence-electron chi connectivity index (χ0n) is 14.3. The van der Waals surface area contributed by atoms with Crippen molar-refractivity contribution in [2.45, 2.75) is 44.1 Å². The van der Waals surface area contributed by atoms with Crippen molar-refractivity contribution in [2.75, 3.05) is 5.32 Å². The molecule has 4 bridgehead atoms. The maximum atomic E-state index is 12.5. The van der Waals surface area contributed by atoms with Crippen molar-refractivity contribution in [1.29, 1.82) is 0 Å². The van der Waals surface area contributed by atoms with E-state index in [9.17, 15) is 4.79 Å². The average Bonchev–Trinajstić information content (AvgIpc) is 2.46. The lowest BCUT2D eigenvalue weighted by Crippen LogP contribution is -2.72. The number of nitrogens with one attached hydrogen (secondary N) is 3. The molecule has 2 amide bonds. The van der Waals surface area contributed by atoms with E-state index in [1.54, 1.807) is 0 Å². The lowest BCUT2D eigenvalue weighted by molar-refractivity contribution is -0.356. The van der Waals surface area contributed by atoms with E-state index in [0.717, 1.165) is 48.4 Å². The van der Waals surface area contributed by atoms with Crippen LogP contribution >= 0.6 is 12.4 Å². The van der Waals surface area contributed by atoms with Crippen LogP contribution in [0.5, 0.6) is 0 Å². The van der Waals surface area contributed by atoms with Crippen LogP contribution in [0.25, 0.3) is 0 Å². The highest BCUT2D eigenvalue weighted by Gasteiger charge is 2.51. The van der Waals surface area contributed by atoms with Gasteiger partial charge in [0.15, 0.2) is 0 Å². The molecule has 1 aromatic carbocycles. The molecule has 0 atom stereocenters. The largest absolute Gasteiger partial charge is 0.343 e. The fourth-order valence-corrected chi connectivity index (χ4v) is 5.47. The van der Waals surface area contributed by atoms with Crippen molar-refractivity contribution in [1.82, 2.24) is 5.32 Å². The third-order valence-electron chi connectivity index (χ3n) is 5.85. The molecule has 0 heterocycles. The smallest absolute Gasteiger partial charge is 0.332 e. The van der Waals surface area contributed by atoms with Gasteiger partial charge in [-0.25, -0.2) is 9.79 Å². The van der Waals surface area contributed by atoms with E-state index in [4.69, 9.17) is 11.5 Å². The minimum atomic E-state index is -0.0949. The van der Waals surface area contributed by atoms with E-state index in [-0.39, 0.29) is 29.9 Å². The van der Waals surface area contributed by atoms with Gasteiger partial charge in [-0.3, -0.25) is 11.5 Å². The predicted octanol–water partition coefficient (Wildman–Crippen LogP) is 1.18. The zero-order chi connectivity index (χ0) is 16.7. The van der Waals surface area contributed by atoms with Crippen molar-refractivity contribution in [3.05, 3.63) is 24.3 Å². The summed E-state index contributed by atoms with van der Waals surface area (Å²) in [5.74, 6) is 2.61. The van der Waals surface area contributed by atoms with Crippen LogP contribution < -0.4 is 27.1 Å². The molecule has 25 heavy (non-hydrogen) atoms. The molecule has 0 saturated heterocycles. The van der Waals surface area contributed by atoms with E-state index in [1.165, 1.54) is 19.3 Å². The summed E-state index contributed by atoms with van der Waals surface area (Å²) in [6.45, 7) is 0. The lowest BCUT2D eigenvalue weighted by Gasteiger charge is -2.56. The van der Waals surface area contributed by atoms with Crippen LogP contribution in [0.3, 0.4) is 0 Å². The van der Waals surface area contributed by atoms with Gasteiger partial charge in [0.1, 0.15) is 0 Å². The van der Waals surface area contributed by atoms with E-state index >= 15 is 0 Å². The zero-order valence-corrected chi connectivity index (χ0v) is 15.1. The monoisotopic (exact) mass is 364 g/mol. The summed E-state index contributed by atoms with van der Waals surface area (Å²) in [6, 6.07) is 7.25. The van der Waals surface area contributed by atoms with Crippen LogP contribution in [0.15, 0.2) is 24.3 Å². The summed E-state index contributed by atoms with van der Waals surface area (Å²) >= 11 is 0. The molecule has 5 rings (SSSR count). The van der Waals surface area contributed by atoms with E-state index < -0.39 is 0 Å². The Balaban J connectivity index is 0.00000182. The second-order valence-electron chi connectivity index (χ2n) is 7.93. The number of rotatable bonds is 3. The number of carbonyl (C=O) groups excluding carboxylic acids is 1. The Bertz CT molecular complexity index is 633. The topological polar surface area (TPSA) is 107 Å². The van der Waals surface area contributed by atoms with Crippen molar-refractivity contribution in [2.24, 2.45) is 29.2 Å². The number of hydrogen-bond acceptors (Lipinski definition) is 1. The summed E-state index contributed by atoms with van der Waals surface area (Å²) in [7, 11) is 0. The van der Waals surface area contributed by atoms with Gasteiger partial charge >= 0.3 is 12.0 Å². The minimum Gasteiger partial charge on any atom is -0.332 e. The van der Waals surface area contributed by atoms with Crippen molar-refractivity contribution < 1.29 is 9.79 Å². The van der Waals surface area contributed by atoms with Gasteiger partial charge in [-0.05, 0) is 80.5 Å². The fourth-order valence-electron chi connectivity index (χ4n) is 5.47. The maximum absolute atomic E-state index is 12.5. The molecule has 136 valence electrons. The number of benzene rings is 1. The molecule has 4 aliphatic carbocycles. The highest BCUT2D eigenvalue weighted by molar-refractivity contribution is 5.90.